The Morgan fingerprint density at radius 2 is 2.10 bits per heavy atom. The number of fused-ring (bicyclic) bond motifs is 1. The van der Waals surface area contributed by atoms with Crippen molar-refractivity contribution >= 4 is 16.8 Å². The van der Waals surface area contributed by atoms with Crippen LogP contribution in [0.15, 0.2) is 40.8 Å². The number of aromatic nitrogens is 2. The first kappa shape index (κ1) is 12.5. The van der Waals surface area contributed by atoms with Gasteiger partial charge < -0.3 is 9.73 Å². The lowest BCUT2D eigenvalue weighted by molar-refractivity contribution is 0.0931. The molecule has 20 heavy (non-hydrogen) atoms. The topological polar surface area (TPSA) is 70.9 Å². The lowest BCUT2D eigenvalue weighted by atomic mass is 10.2. The van der Waals surface area contributed by atoms with Crippen molar-refractivity contribution in [2.24, 2.45) is 0 Å². The van der Waals surface area contributed by atoms with Crippen LogP contribution < -0.4 is 5.32 Å². The second-order valence-electron chi connectivity index (χ2n) is 4.76. The van der Waals surface area contributed by atoms with Gasteiger partial charge in [0.05, 0.1) is 11.6 Å². The zero-order valence-corrected chi connectivity index (χ0v) is 11.3. The van der Waals surface area contributed by atoms with Gasteiger partial charge in [-0.05, 0) is 32.0 Å². The van der Waals surface area contributed by atoms with E-state index in [9.17, 15) is 4.79 Å². The van der Waals surface area contributed by atoms with Crippen LogP contribution in [0.25, 0.3) is 10.9 Å². The number of rotatable bonds is 3. The van der Waals surface area contributed by atoms with Crippen LogP contribution in [0.5, 0.6) is 0 Å². The maximum Gasteiger partial charge on any atom is 0.273 e. The van der Waals surface area contributed by atoms with Gasteiger partial charge in [0.25, 0.3) is 5.91 Å². The number of aromatic amines is 1. The maximum absolute atomic E-state index is 12.3. The highest BCUT2D eigenvalue weighted by molar-refractivity contribution is 6.04. The molecule has 5 nitrogen and oxygen atoms in total. The molecule has 0 fully saturated rings. The third kappa shape index (κ3) is 2.18. The van der Waals surface area contributed by atoms with Crippen molar-refractivity contribution in [3.8, 4) is 0 Å². The van der Waals surface area contributed by atoms with E-state index in [2.05, 4.69) is 15.5 Å². The number of H-pyrrole nitrogens is 1. The Morgan fingerprint density at radius 3 is 2.85 bits per heavy atom. The van der Waals surface area contributed by atoms with Gasteiger partial charge in [0.2, 0.25) is 0 Å². The number of benzene rings is 1. The average Bonchev–Trinajstić information content (AvgIpc) is 3.04. The molecule has 0 saturated carbocycles. The van der Waals surface area contributed by atoms with E-state index in [-0.39, 0.29) is 11.9 Å². The molecule has 1 unspecified atom stereocenters. The minimum Gasteiger partial charge on any atom is -0.464 e. The number of carbonyl (C=O) groups is 1. The lowest BCUT2D eigenvalue weighted by Gasteiger charge is -2.10. The molecule has 2 aromatic heterocycles. The van der Waals surface area contributed by atoms with Gasteiger partial charge in [-0.15, -0.1) is 0 Å². The average molecular weight is 269 g/mol. The molecule has 3 aromatic rings. The summed E-state index contributed by atoms with van der Waals surface area (Å²) >= 11 is 0. The monoisotopic (exact) mass is 269 g/mol. The second kappa shape index (κ2) is 4.85. The molecule has 1 aromatic carbocycles. The third-order valence-electron chi connectivity index (χ3n) is 3.22. The highest BCUT2D eigenvalue weighted by Gasteiger charge is 2.18. The highest BCUT2D eigenvalue weighted by atomic mass is 16.3. The van der Waals surface area contributed by atoms with E-state index in [1.807, 2.05) is 50.2 Å². The fraction of sp³-hybridized carbons (Fsp3) is 0.200. The van der Waals surface area contributed by atoms with E-state index >= 15 is 0 Å². The smallest absolute Gasteiger partial charge is 0.273 e. The Kier molecular flexibility index (Phi) is 3.02. The van der Waals surface area contributed by atoms with E-state index in [0.29, 0.717) is 5.69 Å². The van der Waals surface area contributed by atoms with Gasteiger partial charge in [0, 0.05) is 5.39 Å². The number of amides is 1. The largest absolute Gasteiger partial charge is 0.464 e. The lowest BCUT2D eigenvalue weighted by Crippen LogP contribution is -2.26. The predicted octanol–water partition coefficient (Wildman–Crippen LogP) is 2.96. The minimum absolute atomic E-state index is 0.202. The van der Waals surface area contributed by atoms with Crippen LogP contribution in [0.3, 0.4) is 0 Å². The predicted molar refractivity (Wildman–Crippen MR) is 75.4 cm³/mol. The van der Waals surface area contributed by atoms with Crippen molar-refractivity contribution in [3.05, 3.63) is 53.6 Å². The van der Waals surface area contributed by atoms with Crippen molar-refractivity contribution in [1.29, 1.82) is 0 Å². The first-order valence-electron chi connectivity index (χ1n) is 6.45. The molecule has 0 aliphatic heterocycles. The van der Waals surface area contributed by atoms with Crippen LogP contribution >= 0.6 is 0 Å². The molecule has 0 saturated heterocycles. The molecule has 102 valence electrons. The van der Waals surface area contributed by atoms with Crippen molar-refractivity contribution in [2.45, 2.75) is 19.9 Å². The Hall–Kier alpha value is -2.56. The molecule has 5 heteroatoms. The molecule has 0 bridgehead atoms. The van der Waals surface area contributed by atoms with Gasteiger partial charge in [0.1, 0.15) is 11.5 Å². The van der Waals surface area contributed by atoms with Crippen LogP contribution in [-0.2, 0) is 0 Å². The number of nitrogens with one attached hydrogen (secondary N) is 2. The summed E-state index contributed by atoms with van der Waals surface area (Å²) in [6.07, 6.45) is 0. The first-order chi connectivity index (χ1) is 9.65. The summed E-state index contributed by atoms with van der Waals surface area (Å²) in [5.41, 5.74) is 1.25. The van der Waals surface area contributed by atoms with Crippen LogP contribution in [-0.4, -0.2) is 16.1 Å². The van der Waals surface area contributed by atoms with Gasteiger partial charge in [-0.1, -0.05) is 18.2 Å². The molecule has 1 atom stereocenters. The fourth-order valence-electron chi connectivity index (χ4n) is 2.16. The molecule has 2 heterocycles. The van der Waals surface area contributed by atoms with Gasteiger partial charge in [-0.2, -0.15) is 5.10 Å². The van der Waals surface area contributed by atoms with Crippen molar-refractivity contribution in [3.63, 3.8) is 0 Å². The summed E-state index contributed by atoms with van der Waals surface area (Å²) in [4.78, 5) is 12.3. The van der Waals surface area contributed by atoms with Gasteiger partial charge >= 0.3 is 0 Å². The highest BCUT2D eigenvalue weighted by Crippen LogP contribution is 2.18. The number of hydrogen-bond donors (Lipinski definition) is 2. The molecular weight excluding hydrogens is 254 g/mol. The standard InChI is InChI=1S/C15H15N3O2/c1-9-7-8-13(20-9)10(2)16-15(19)14-11-5-3-4-6-12(11)17-18-14/h3-8,10H,1-2H3,(H,16,19)(H,17,18). The number of nitrogens with zero attached hydrogens (tertiary/aromatic N) is 1. The number of carbonyl (C=O) groups excluding carboxylic acids is 1. The second-order valence-corrected chi connectivity index (χ2v) is 4.76. The molecule has 0 aliphatic carbocycles. The molecule has 0 spiro atoms. The van der Waals surface area contributed by atoms with Crippen molar-refractivity contribution in [1.82, 2.24) is 15.5 Å². The zero-order chi connectivity index (χ0) is 14.1. The molecule has 1 amide bonds. The number of hydrogen-bond acceptors (Lipinski definition) is 3. The Bertz CT molecular complexity index is 757. The van der Waals surface area contributed by atoms with E-state index < -0.39 is 0 Å². The van der Waals surface area contributed by atoms with Crippen molar-refractivity contribution < 1.29 is 9.21 Å². The quantitative estimate of drug-likeness (QED) is 0.768. The SMILES string of the molecule is Cc1ccc(C(C)NC(=O)c2n[nH]c3ccccc23)o1. The molecule has 0 aliphatic rings. The van der Waals surface area contributed by atoms with Crippen LogP contribution in [0.4, 0.5) is 0 Å². The first-order valence-corrected chi connectivity index (χ1v) is 6.45. The van der Waals surface area contributed by atoms with Gasteiger partial charge in [-0.3, -0.25) is 9.89 Å². The van der Waals surface area contributed by atoms with E-state index in [4.69, 9.17) is 4.42 Å². The minimum atomic E-state index is -0.219. The summed E-state index contributed by atoms with van der Waals surface area (Å²) in [7, 11) is 0. The van der Waals surface area contributed by atoms with Crippen LogP contribution in [0, 0.1) is 6.92 Å². The summed E-state index contributed by atoms with van der Waals surface area (Å²) in [5, 5.41) is 10.6. The third-order valence-corrected chi connectivity index (χ3v) is 3.22. The number of para-hydroxylation sites is 1. The van der Waals surface area contributed by atoms with Crippen LogP contribution in [0.2, 0.25) is 0 Å². The molecular formula is C15H15N3O2. The van der Waals surface area contributed by atoms with E-state index in [1.165, 1.54) is 0 Å². The normalized spacial score (nSPS) is 12.5. The summed E-state index contributed by atoms with van der Waals surface area (Å²) < 4.78 is 5.51. The van der Waals surface area contributed by atoms with Crippen molar-refractivity contribution in [2.75, 3.05) is 0 Å². The molecule has 3 rings (SSSR count). The fourth-order valence-corrected chi connectivity index (χ4v) is 2.16. The number of aryl methyl sites for hydroxylation is 1. The Balaban J connectivity index is 1.82. The number of furan rings is 1. The van der Waals surface area contributed by atoms with Gasteiger partial charge in [-0.25, -0.2) is 0 Å². The molecule has 2 N–H and O–H groups in total. The zero-order valence-electron chi connectivity index (χ0n) is 11.3. The Morgan fingerprint density at radius 1 is 1.30 bits per heavy atom. The Labute approximate surface area is 116 Å². The van der Waals surface area contributed by atoms with Crippen LogP contribution in [0.1, 0.15) is 35.0 Å². The summed E-state index contributed by atoms with van der Waals surface area (Å²) in [6.45, 7) is 3.75. The molecule has 0 radical (unpaired) electrons. The van der Waals surface area contributed by atoms with E-state index in [1.54, 1.807) is 0 Å². The maximum atomic E-state index is 12.3. The van der Waals surface area contributed by atoms with E-state index in [0.717, 1.165) is 22.4 Å². The van der Waals surface area contributed by atoms with Gasteiger partial charge in [0.15, 0.2) is 5.69 Å². The summed E-state index contributed by atoms with van der Waals surface area (Å²) in [5.74, 6) is 1.34. The summed E-state index contributed by atoms with van der Waals surface area (Å²) in [6, 6.07) is 11.1.